The molecule has 1 atom stereocenters. The van der Waals surface area contributed by atoms with E-state index in [2.05, 4.69) is 5.32 Å². The van der Waals surface area contributed by atoms with E-state index in [0.29, 0.717) is 15.7 Å². The second-order valence-electron chi connectivity index (χ2n) is 5.52. The van der Waals surface area contributed by atoms with Crippen LogP contribution < -0.4 is 5.32 Å². The predicted octanol–water partition coefficient (Wildman–Crippen LogP) is 4.52. The predicted molar refractivity (Wildman–Crippen MR) is 100 cm³/mol. The Kier molecular flexibility index (Phi) is 5.75. The largest absolute Gasteiger partial charge is 0.467 e. The minimum atomic E-state index is -0.904. The molecular weight excluding hydrogens is 374 g/mol. The maximum atomic E-state index is 12.3. The summed E-state index contributed by atoms with van der Waals surface area (Å²) in [6.45, 7) is 1.77. The van der Waals surface area contributed by atoms with Crippen molar-refractivity contribution in [3.8, 4) is 10.4 Å². The van der Waals surface area contributed by atoms with Crippen molar-refractivity contribution in [3.63, 3.8) is 0 Å². The van der Waals surface area contributed by atoms with Crippen molar-refractivity contribution in [3.05, 3.63) is 70.5 Å². The van der Waals surface area contributed by atoms with Gasteiger partial charge >= 0.3 is 5.97 Å². The van der Waals surface area contributed by atoms with Gasteiger partial charge in [0.15, 0.2) is 6.10 Å². The highest BCUT2D eigenvalue weighted by atomic mass is 35.5. The van der Waals surface area contributed by atoms with E-state index in [9.17, 15) is 9.59 Å². The number of carbonyl (C=O) groups is 2. The molecule has 0 saturated carbocycles. The standard InChI is InChI=1S/C19H16ClNO4S/c1-12(18(22)21-11-15-3-2-10-24-15)25-19(23)17-9-8-16(26-17)13-4-6-14(20)7-5-13/h2-10,12H,11H2,1H3,(H,21,22)/t12-/m0/s1. The van der Waals surface area contributed by atoms with Crippen LogP contribution in [0.1, 0.15) is 22.4 Å². The number of hydrogen-bond donors (Lipinski definition) is 1. The van der Waals surface area contributed by atoms with Crippen molar-refractivity contribution in [2.24, 2.45) is 0 Å². The fraction of sp³-hybridized carbons (Fsp3) is 0.158. The third kappa shape index (κ3) is 4.53. The first kappa shape index (κ1) is 18.2. The number of esters is 1. The number of rotatable bonds is 6. The van der Waals surface area contributed by atoms with Gasteiger partial charge in [0, 0.05) is 9.90 Å². The Morgan fingerprint density at radius 2 is 1.96 bits per heavy atom. The molecule has 3 aromatic rings. The SMILES string of the molecule is C[C@H](OC(=O)c1ccc(-c2ccc(Cl)cc2)s1)C(=O)NCc1ccco1. The number of nitrogens with one attached hydrogen (secondary N) is 1. The van der Waals surface area contributed by atoms with Gasteiger partial charge in [-0.2, -0.15) is 0 Å². The Hall–Kier alpha value is -2.57. The molecule has 0 spiro atoms. The molecule has 0 aliphatic carbocycles. The third-order valence-electron chi connectivity index (χ3n) is 3.61. The molecular formula is C19H16ClNO4S. The summed E-state index contributed by atoms with van der Waals surface area (Å²) in [7, 11) is 0. The molecule has 134 valence electrons. The highest BCUT2D eigenvalue weighted by Crippen LogP contribution is 2.29. The number of carbonyl (C=O) groups excluding carboxylic acids is 2. The average molecular weight is 390 g/mol. The highest BCUT2D eigenvalue weighted by molar-refractivity contribution is 7.17. The lowest BCUT2D eigenvalue weighted by Gasteiger charge is -2.12. The summed E-state index contributed by atoms with van der Waals surface area (Å²) in [5, 5.41) is 3.31. The first-order valence-corrected chi connectivity index (χ1v) is 9.09. The van der Waals surface area contributed by atoms with Crippen LogP contribution in [0.2, 0.25) is 5.02 Å². The van der Waals surface area contributed by atoms with Crippen molar-refractivity contribution in [1.82, 2.24) is 5.32 Å². The Balaban J connectivity index is 1.57. The maximum absolute atomic E-state index is 12.3. The van der Waals surface area contributed by atoms with Crippen LogP contribution in [0.4, 0.5) is 0 Å². The molecule has 0 unspecified atom stereocenters. The molecule has 1 amide bonds. The van der Waals surface area contributed by atoms with E-state index < -0.39 is 12.1 Å². The molecule has 1 N–H and O–H groups in total. The monoisotopic (exact) mass is 389 g/mol. The average Bonchev–Trinajstić information content (AvgIpc) is 3.32. The van der Waals surface area contributed by atoms with E-state index in [1.54, 1.807) is 30.3 Å². The Labute approximate surface area is 159 Å². The molecule has 7 heteroatoms. The molecule has 2 aromatic heterocycles. The summed E-state index contributed by atoms with van der Waals surface area (Å²) in [6, 6.07) is 14.4. The lowest BCUT2D eigenvalue weighted by molar-refractivity contribution is -0.129. The first-order chi connectivity index (χ1) is 12.5. The van der Waals surface area contributed by atoms with Crippen LogP contribution in [0.15, 0.2) is 59.2 Å². The van der Waals surface area contributed by atoms with Gasteiger partial charge in [0.25, 0.3) is 5.91 Å². The van der Waals surface area contributed by atoms with E-state index in [1.165, 1.54) is 24.5 Å². The van der Waals surface area contributed by atoms with Crippen molar-refractivity contribution in [2.75, 3.05) is 0 Å². The lowest BCUT2D eigenvalue weighted by atomic mass is 10.2. The van der Waals surface area contributed by atoms with Gasteiger partial charge < -0.3 is 14.5 Å². The first-order valence-electron chi connectivity index (χ1n) is 7.90. The Morgan fingerprint density at radius 3 is 2.65 bits per heavy atom. The van der Waals surface area contributed by atoms with Gasteiger partial charge in [0.1, 0.15) is 10.6 Å². The topological polar surface area (TPSA) is 68.5 Å². The van der Waals surface area contributed by atoms with E-state index in [-0.39, 0.29) is 12.5 Å². The Morgan fingerprint density at radius 1 is 1.19 bits per heavy atom. The number of benzene rings is 1. The van der Waals surface area contributed by atoms with Gasteiger partial charge in [-0.05, 0) is 48.9 Å². The maximum Gasteiger partial charge on any atom is 0.349 e. The van der Waals surface area contributed by atoms with Crippen LogP contribution in [-0.2, 0) is 16.1 Å². The molecule has 0 aliphatic rings. The van der Waals surface area contributed by atoms with E-state index in [0.717, 1.165) is 10.4 Å². The van der Waals surface area contributed by atoms with Crippen LogP contribution in [0.5, 0.6) is 0 Å². The summed E-state index contributed by atoms with van der Waals surface area (Å²) in [6.07, 6.45) is 0.624. The van der Waals surface area contributed by atoms with Gasteiger partial charge in [-0.1, -0.05) is 23.7 Å². The highest BCUT2D eigenvalue weighted by Gasteiger charge is 2.20. The molecule has 3 rings (SSSR count). The van der Waals surface area contributed by atoms with Gasteiger partial charge in [-0.3, -0.25) is 4.79 Å². The number of furan rings is 1. The number of ether oxygens (including phenoxy) is 1. The number of hydrogen-bond acceptors (Lipinski definition) is 5. The minimum Gasteiger partial charge on any atom is -0.467 e. The van der Waals surface area contributed by atoms with Gasteiger partial charge in [-0.25, -0.2) is 4.79 Å². The molecule has 2 heterocycles. The third-order valence-corrected chi connectivity index (χ3v) is 4.97. The fourth-order valence-electron chi connectivity index (χ4n) is 2.22. The van der Waals surface area contributed by atoms with Crippen molar-refractivity contribution in [1.29, 1.82) is 0 Å². The van der Waals surface area contributed by atoms with Crippen LogP contribution in [0.25, 0.3) is 10.4 Å². The molecule has 0 fully saturated rings. The summed E-state index contributed by atoms with van der Waals surface area (Å²) < 4.78 is 10.4. The molecule has 1 aromatic carbocycles. The van der Waals surface area contributed by atoms with Crippen molar-refractivity contribution < 1.29 is 18.7 Å². The zero-order valence-corrected chi connectivity index (χ0v) is 15.5. The van der Waals surface area contributed by atoms with Gasteiger partial charge in [0.05, 0.1) is 12.8 Å². The van der Waals surface area contributed by atoms with E-state index in [1.807, 2.05) is 18.2 Å². The molecule has 0 bridgehead atoms. The summed E-state index contributed by atoms with van der Waals surface area (Å²) >= 11 is 7.19. The van der Waals surface area contributed by atoms with Crippen molar-refractivity contribution >= 4 is 34.8 Å². The lowest BCUT2D eigenvalue weighted by Crippen LogP contribution is -2.35. The van der Waals surface area contributed by atoms with E-state index >= 15 is 0 Å². The summed E-state index contributed by atoms with van der Waals surface area (Å²) in [5.41, 5.74) is 0.961. The minimum absolute atomic E-state index is 0.243. The number of halogens is 1. The molecule has 0 radical (unpaired) electrons. The number of thiophene rings is 1. The van der Waals surface area contributed by atoms with E-state index in [4.69, 9.17) is 20.8 Å². The second kappa shape index (κ2) is 8.21. The molecule has 5 nitrogen and oxygen atoms in total. The van der Waals surface area contributed by atoms with Gasteiger partial charge in [-0.15, -0.1) is 11.3 Å². The second-order valence-corrected chi connectivity index (χ2v) is 7.04. The molecule has 0 saturated heterocycles. The molecule has 0 aliphatic heterocycles. The summed E-state index contributed by atoms with van der Waals surface area (Å²) in [5.74, 6) is -0.289. The van der Waals surface area contributed by atoms with Crippen LogP contribution in [-0.4, -0.2) is 18.0 Å². The molecule has 26 heavy (non-hydrogen) atoms. The van der Waals surface area contributed by atoms with Crippen molar-refractivity contribution in [2.45, 2.75) is 19.6 Å². The van der Waals surface area contributed by atoms with Crippen LogP contribution in [0, 0.1) is 0 Å². The quantitative estimate of drug-likeness (QED) is 0.629. The van der Waals surface area contributed by atoms with Crippen LogP contribution >= 0.6 is 22.9 Å². The summed E-state index contributed by atoms with van der Waals surface area (Å²) in [4.78, 5) is 25.6. The normalized spacial score (nSPS) is 11.8. The number of amides is 1. The Bertz CT molecular complexity index is 887. The smallest absolute Gasteiger partial charge is 0.349 e. The zero-order valence-electron chi connectivity index (χ0n) is 13.9. The van der Waals surface area contributed by atoms with Crippen LogP contribution in [0.3, 0.4) is 0 Å². The fourth-order valence-corrected chi connectivity index (χ4v) is 3.24. The zero-order chi connectivity index (χ0) is 18.5. The van der Waals surface area contributed by atoms with Gasteiger partial charge in [0.2, 0.25) is 0 Å².